The predicted molar refractivity (Wildman–Crippen MR) is 98.2 cm³/mol. The Morgan fingerprint density at radius 3 is 2.70 bits per heavy atom. The second-order valence-electron chi connectivity index (χ2n) is 5.99. The van der Waals surface area contributed by atoms with Gasteiger partial charge in [0.1, 0.15) is 5.75 Å². The number of likely N-dealkylation sites (N-methyl/N-ethyl adjacent to an activating group) is 1. The lowest BCUT2D eigenvalue weighted by Crippen LogP contribution is -2.51. The van der Waals surface area contributed by atoms with Crippen LogP contribution in [0.2, 0.25) is 0 Å². The van der Waals surface area contributed by atoms with Crippen molar-refractivity contribution in [1.82, 2.24) is 5.32 Å². The number of esters is 1. The van der Waals surface area contributed by atoms with Gasteiger partial charge >= 0.3 is 5.97 Å². The Morgan fingerprint density at radius 2 is 2.04 bits per heavy atom. The van der Waals surface area contributed by atoms with Gasteiger partial charge in [-0.15, -0.1) is 0 Å². The summed E-state index contributed by atoms with van der Waals surface area (Å²) in [4.78, 5) is 25.9. The molecule has 3 rings (SSSR count). The van der Waals surface area contributed by atoms with Crippen LogP contribution in [0.1, 0.15) is 28.4 Å². The van der Waals surface area contributed by atoms with Crippen LogP contribution in [0.25, 0.3) is 0 Å². The Hall–Kier alpha value is -3.37. The average molecular weight is 365 g/mol. The fourth-order valence-electron chi connectivity index (χ4n) is 2.74. The number of amides is 1. The van der Waals surface area contributed by atoms with Gasteiger partial charge in [-0.25, -0.2) is 4.79 Å². The molecule has 0 saturated carbocycles. The number of nitrogens with zero attached hydrogens (tertiary/aromatic N) is 2. The van der Waals surface area contributed by atoms with Crippen molar-refractivity contribution >= 4 is 17.6 Å². The number of nitriles is 1. The van der Waals surface area contributed by atoms with Crippen molar-refractivity contribution in [3.8, 4) is 11.8 Å². The van der Waals surface area contributed by atoms with Crippen molar-refractivity contribution in [3.63, 3.8) is 0 Å². The molecule has 1 atom stereocenters. The van der Waals surface area contributed by atoms with Gasteiger partial charge in [0, 0.05) is 13.6 Å². The first-order chi connectivity index (χ1) is 13.0. The summed E-state index contributed by atoms with van der Waals surface area (Å²) in [6, 6.07) is 14.0. The summed E-state index contributed by atoms with van der Waals surface area (Å²) in [5, 5.41) is 11.9. The van der Waals surface area contributed by atoms with E-state index in [1.165, 1.54) is 4.90 Å². The molecule has 0 aliphatic carbocycles. The molecule has 0 bridgehead atoms. The van der Waals surface area contributed by atoms with E-state index in [2.05, 4.69) is 11.4 Å². The van der Waals surface area contributed by atoms with E-state index in [9.17, 15) is 9.59 Å². The molecule has 2 aromatic rings. The van der Waals surface area contributed by atoms with Crippen LogP contribution in [0.5, 0.6) is 5.75 Å². The normalized spacial score (nSPS) is 15.5. The number of carbonyl (C=O) groups excluding carboxylic acids is 2. The molecule has 1 amide bonds. The lowest BCUT2D eigenvalue weighted by Gasteiger charge is -2.32. The van der Waals surface area contributed by atoms with E-state index >= 15 is 0 Å². The van der Waals surface area contributed by atoms with Crippen molar-refractivity contribution < 1.29 is 19.1 Å². The largest absolute Gasteiger partial charge is 0.464 e. The highest BCUT2D eigenvalue weighted by Gasteiger charge is 2.32. The van der Waals surface area contributed by atoms with Crippen LogP contribution in [0.3, 0.4) is 0 Å². The van der Waals surface area contributed by atoms with Gasteiger partial charge in [0.05, 0.1) is 29.5 Å². The molecule has 0 saturated heterocycles. The van der Waals surface area contributed by atoms with Crippen LogP contribution in [-0.2, 0) is 16.1 Å². The fraction of sp³-hybridized carbons (Fsp3) is 0.250. The predicted octanol–water partition coefficient (Wildman–Crippen LogP) is 2.21. The minimum Gasteiger partial charge on any atom is -0.464 e. The third kappa shape index (κ3) is 3.91. The van der Waals surface area contributed by atoms with E-state index in [4.69, 9.17) is 14.7 Å². The second kappa shape index (κ2) is 7.89. The molecular formula is C20H19N3O4. The van der Waals surface area contributed by atoms with Gasteiger partial charge in [-0.3, -0.25) is 10.1 Å². The quantitative estimate of drug-likeness (QED) is 0.817. The summed E-state index contributed by atoms with van der Waals surface area (Å²) in [6.07, 6.45) is -0.879. The van der Waals surface area contributed by atoms with Crippen LogP contribution >= 0.6 is 0 Å². The fourth-order valence-corrected chi connectivity index (χ4v) is 2.74. The molecule has 1 aliphatic rings. The van der Waals surface area contributed by atoms with E-state index in [0.29, 0.717) is 29.1 Å². The molecule has 1 heterocycles. The molecule has 1 aliphatic heterocycles. The molecular weight excluding hydrogens is 346 g/mol. The van der Waals surface area contributed by atoms with Gasteiger partial charge in [0.2, 0.25) is 6.23 Å². The van der Waals surface area contributed by atoms with Gasteiger partial charge in [-0.2, -0.15) is 5.26 Å². The van der Waals surface area contributed by atoms with Gasteiger partial charge < -0.3 is 14.4 Å². The van der Waals surface area contributed by atoms with Gasteiger partial charge in [-0.05, 0) is 42.8 Å². The zero-order chi connectivity index (χ0) is 19.4. The SMILES string of the molecule is CCOC(=O)c1ccc2c(c1)OC(NCc1ccc(C#N)cc1)C(=O)N2C. The molecule has 2 aromatic carbocycles. The molecule has 0 aromatic heterocycles. The number of benzene rings is 2. The number of hydrogen-bond acceptors (Lipinski definition) is 6. The van der Waals surface area contributed by atoms with E-state index in [1.54, 1.807) is 44.3 Å². The highest BCUT2D eigenvalue weighted by Crippen LogP contribution is 2.33. The Balaban J connectivity index is 1.75. The highest BCUT2D eigenvalue weighted by atomic mass is 16.5. The van der Waals surface area contributed by atoms with Crippen LogP contribution in [0.15, 0.2) is 42.5 Å². The number of nitrogens with one attached hydrogen (secondary N) is 1. The lowest BCUT2D eigenvalue weighted by molar-refractivity contribution is -0.127. The zero-order valence-corrected chi connectivity index (χ0v) is 15.1. The number of ether oxygens (including phenoxy) is 2. The third-order valence-corrected chi connectivity index (χ3v) is 4.21. The second-order valence-corrected chi connectivity index (χ2v) is 5.99. The summed E-state index contributed by atoms with van der Waals surface area (Å²) in [5.74, 6) is -0.245. The molecule has 0 radical (unpaired) electrons. The lowest BCUT2D eigenvalue weighted by atomic mass is 10.1. The number of carbonyl (C=O) groups is 2. The number of anilines is 1. The summed E-state index contributed by atoms with van der Waals surface area (Å²) in [7, 11) is 1.66. The van der Waals surface area contributed by atoms with Crippen molar-refractivity contribution in [3.05, 3.63) is 59.2 Å². The van der Waals surface area contributed by atoms with E-state index in [1.807, 2.05) is 12.1 Å². The first-order valence-electron chi connectivity index (χ1n) is 8.51. The summed E-state index contributed by atoms with van der Waals surface area (Å²) in [5.41, 5.74) is 2.44. The van der Waals surface area contributed by atoms with Crippen LogP contribution in [0.4, 0.5) is 5.69 Å². The van der Waals surface area contributed by atoms with E-state index in [0.717, 1.165) is 5.56 Å². The van der Waals surface area contributed by atoms with Crippen molar-refractivity contribution in [2.24, 2.45) is 0 Å². The standard InChI is InChI=1S/C20H19N3O4/c1-3-26-20(25)15-8-9-16-17(10-15)27-18(19(24)23(16)2)22-12-14-6-4-13(11-21)5-7-14/h4-10,18,22H,3,12H2,1-2H3. The highest BCUT2D eigenvalue weighted by molar-refractivity contribution is 6.00. The first kappa shape index (κ1) is 18.4. The first-order valence-corrected chi connectivity index (χ1v) is 8.51. The van der Waals surface area contributed by atoms with Crippen LogP contribution in [-0.4, -0.2) is 31.8 Å². The maximum atomic E-state index is 12.5. The van der Waals surface area contributed by atoms with Gasteiger partial charge in [-0.1, -0.05) is 12.1 Å². The molecule has 0 fully saturated rings. The Kier molecular flexibility index (Phi) is 5.38. The number of rotatable bonds is 5. The van der Waals surface area contributed by atoms with Crippen LogP contribution < -0.4 is 15.0 Å². The Labute approximate surface area is 157 Å². The van der Waals surface area contributed by atoms with Crippen molar-refractivity contribution in [2.75, 3.05) is 18.6 Å². The summed E-state index contributed by atoms with van der Waals surface area (Å²) in [6.45, 7) is 2.41. The van der Waals surface area contributed by atoms with E-state index in [-0.39, 0.29) is 12.5 Å². The maximum Gasteiger partial charge on any atom is 0.338 e. The van der Waals surface area contributed by atoms with Crippen molar-refractivity contribution in [1.29, 1.82) is 5.26 Å². The molecule has 27 heavy (non-hydrogen) atoms. The zero-order valence-electron chi connectivity index (χ0n) is 15.1. The number of fused-ring (bicyclic) bond motifs is 1. The smallest absolute Gasteiger partial charge is 0.338 e. The molecule has 1 unspecified atom stereocenters. The molecule has 7 heteroatoms. The van der Waals surface area contributed by atoms with Crippen LogP contribution in [0, 0.1) is 11.3 Å². The number of hydrogen-bond donors (Lipinski definition) is 1. The topological polar surface area (TPSA) is 91.7 Å². The minimum absolute atomic E-state index is 0.236. The van der Waals surface area contributed by atoms with Crippen molar-refractivity contribution in [2.45, 2.75) is 19.7 Å². The Bertz CT molecular complexity index is 902. The monoisotopic (exact) mass is 365 g/mol. The minimum atomic E-state index is -0.879. The molecule has 0 spiro atoms. The maximum absolute atomic E-state index is 12.5. The van der Waals surface area contributed by atoms with Gasteiger partial charge in [0.15, 0.2) is 0 Å². The molecule has 1 N–H and O–H groups in total. The van der Waals surface area contributed by atoms with Gasteiger partial charge in [0.25, 0.3) is 5.91 Å². The molecule has 7 nitrogen and oxygen atoms in total. The summed E-state index contributed by atoms with van der Waals surface area (Å²) < 4.78 is 10.8. The summed E-state index contributed by atoms with van der Waals surface area (Å²) >= 11 is 0. The van der Waals surface area contributed by atoms with E-state index < -0.39 is 12.2 Å². The third-order valence-electron chi connectivity index (χ3n) is 4.21. The Morgan fingerprint density at radius 1 is 1.30 bits per heavy atom. The molecule has 138 valence electrons. The average Bonchev–Trinajstić information content (AvgIpc) is 2.69.